The van der Waals surface area contributed by atoms with Gasteiger partial charge in [0, 0.05) is 36.8 Å². The molecule has 1 amide bonds. The predicted octanol–water partition coefficient (Wildman–Crippen LogP) is 1.89. The molecular weight excluding hydrogens is 316 g/mol. The van der Waals surface area contributed by atoms with Crippen molar-refractivity contribution in [2.45, 2.75) is 25.9 Å². The maximum atomic E-state index is 12.2. The summed E-state index contributed by atoms with van der Waals surface area (Å²) in [4.78, 5) is 14.3. The minimum absolute atomic E-state index is 0.219. The molecule has 1 aliphatic heterocycles. The second-order valence-electron chi connectivity index (χ2n) is 6.17. The summed E-state index contributed by atoms with van der Waals surface area (Å²) in [6.45, 7) is 7.90. The summed E-state index contributed by atoms with van der Waals surface area (Å²) in [5, 5.41) is 13.4. The minimum Gasteiger partial charge on any atom is -0.390 e. The van der Waals surface area contributed by atoms with Gasteiger partial charge in [0.1, 0.15) is 0 Å². The Morgan fingerprint density at radius 1 is 1.39 bits per heavy atom. The van der Waals surface area contributed by atoms with E-state index >= 15 is 0 Å². The third-order valence-electron chi connectivity index (χ3n) is 3.96. The number of hydrogen-bond donors (Lipinski definition) is 2. The Balaban J connectivity index is 1.83. The van der Waals surface area contributed by atoms with E-state index in [0.717, 1.165) is 18.7 Å². The van der Waals surface area contributed by atoms with Crippen molar-refractivity contribution < 1.29 is 14.6 Å². The second-order valence-corrected chi connectivity index (χ2v) is 6.58. The number of carbonyl (C=O) groups excluding carboxylic acids is 1. The van der Waals surface area contributed by atoms with Crippen LogP contribution in [0.2, 0.25) is 5.02 Å². The van der Waals surface area contributed by atoms with Crippen molar-refractivity contribution in [3.05, 3.63) is 34.3 Å². The minimum atomic E-state index is -0.595. The van der Waals surface area contributed by atoms with Gasteiger partial charge in [-0.15, -0.1) is 0 Å². The normalized spacial score (nSPS) is 17.3. The number of nitrogens with one attached hydrogen (secondary N) is 1. The molecule has 1 aliphatic rings. The summed E-state index contributed by atoms with van der Waals surface area (Å²) in [7, 11) is 0. The number of carbonyl (C=O) groups is 1. The number of aliphatic hydroxyl groups is 1. The van der Waals surface area contributed by atoms with Crippen LogP contribution in [0, 0.1) is 0 Å². The largest absolute Gasteiger partial charge is 0.390 e. The van der Waals surface area contributed by atoms with E-state index in [9.17, 15) is 9.90 Å². The average molecular weight is 341 g/mol. The molecule has 2 rings (SSSR count). The Morgan fingerprint density at radius 3 is 2.70 bits per heavy atom. The van der Waals surface area contributed by atoms with Gasteiger partial charge in [-0.05, 0) is 23.6 Å². The lowest BCUT2D eigenvalue weighted by Crippen LogP contribution is -2.44. The summed E-state index contributed by atoms with van der Waals surface area (Å²) >= 11 is 6.21. The van der Waals surface area contributed by atoms with Crippen molar-refractivity contribution in [2.75, 3.05) is 39.4 Å². The first kappa shape index (κ1) is 18.2. The van der Waals surface area contributed by atoms with Crippen LogP contribution >= 0.6 is 11.6 Å². The molecule has 0 saturated carbocycles. The number of benzene rings is 1. The Bertz CT molecular complexity index is 531. The first-order valence-electron chi connectivity index (χ1n) is 8.03. The Hall–Kier alpha value is -1.14. The molecule has 1 fully saturated rings. The van der Waals surface area contributed by atoms with Gasteiger partial charge in [-0.1, -0.05) is 31.5 Å². The predicted molar refractivity (Wildman–Crippen MR) is 91.1 cm³/mol. The lowest BCUT2D eigenvalue weighted by atomic mass is 10.0. The van der Waals surface area contributed by atoms with Crippen LogP contribution in [0.15, 0.2) is 18.2 Å². The lowest BCUT2D eigenvalue weighted by Gasteiger charge is -2.28. The molecule has 0 aromatic heterocycles. The van der Waals surface area contributed by atoms with Crippen LogP contribution in [-0.2, 0) is 4.74 Å². The highest BCUT2D eigenvalue weighted by Crippen LogP contribution is 2.25. The van der Waals surface area contributed by atoms with Crippen LogP contribution in [0.5, 0.6) is 0 Å². The molecule has 0 spiro atoms. The van der Waals surface area contributed by atoms with Gasteiger partial charge in [0.25, 0.3) is 5.91 Å². The zero-order valence-electron chi connectivity index (χ0n) is 13.7. The molecule has 0 bridgehead atoms. The third-order valence-corrected chi connectivity index (χ3v) is 4.28. The molecular formula is C17H25ClN2O3. The molecule has 0 unspecified atom stereocenters. The molecule has 0 radical (unpaired) electrons. The number of nitrogens with zero attached hydrogens (tertiary/aromatic N) is 1. The van der Waals surface area contributed by atoms with E-state index in [1.165, 1.54) is 0 Å². The molecule has 6 heteroatoms. The van der Waals surface area contributed by atoms with Crippen LogP contribution in [0.25, 0.3) is 0 Å². The van der Waals surface area contributed by atoms with Crippen molar-refractivity contribution in [2.24, 2.45) is 0 Å². The fraction of sp³-hybridized carbons (Fsp3) is 0.588. The molecule has 5 nitrogen and oxygen atoms in total. The fourth-order valence-corrected chi connectivity index (χ4v) is 2.99. The van der Waals surface area contributed by atoms with E-state index < -0.39 is 6.10 Å². The third kappa shape index (κ3) is 5.46. The highest BCUT2D eigenvalue weighted by atomic mass is 35.5. The SMILES string of the molecule is CC(C)c1ccc(C(=O)NC[C@@H](O)CN2CCOCC2)cc1Cl. The van der Waals surface area contributed by atoms with Crippen LogP contribution < -0.4 is 5.32 Å². The van der Waals surface area contributed by atoms with Gasteiger partial charge in [0.2, 0.25) is 0 Å². The van der Waals surface area contributed by atoms with E-state index in [-0.39, 0.29) is 12.5 Å². The molecule has 1 aromatic rings. The lowest BCUT2D eigenvalue weighted by molar-refractivity contribution is 0.0149. The number of hydrogen-bond acceptors (Lipinski definition) is 4. The van der Waals surface area contributed by atoms with Crippen molar-refractivity contribution in [1.82, 2.24) is 10.2 Å². The highest BCUT2D eigenvalue weighted by molar-refractivity contribution is 6.31. The number of amides is 1. The smallest absolute Gasteiger partial charge is 0.251 e. The van der Waals surface area contributed by atoms with Crippen molar-refractivity contribution in [1.29, 1.82) is 0 Å². The molecule has 1 saturated heterocycles. The molecule has 2 N–H and O–H groups in total. The number of ether oxygens (including phenoxy) is 1. The van der Waals surface area contributed by atoms with E-state index in [2.05, 4.69) is 24.1 Å². The average Bonchev–Trinajstić information content (AvgIpc) is 2.53. The van der Waals surface area contributed by atoms with E-state index in [1.807, 2.05) is 6.07 Å². The zero-order valence-corrected chi connectivity index (χ0v) is 14.5. The fourth-order valence-electron chi connectivity index (χ4n) is 2.60. The summed E-state index contributed by atoms with van der Waals surface area (Å²) in [5.74, 6) is 0.0955. The number of rotatable bonds is 6. The summed E-state index contributed by atoms with van der Waals surface area (Å²) in [6.07, 6.45) is -0.595. The van der Waals surface area contributed by atoms with Crippen molar-refractivity contribution in [3.8, 4) is 0 Å². The van der Waals surface area contributed by atoms with E-state index in [0.29, 0.717) is 36.3 Å². The molecule has 1 atom stereocenters. The van der Waals surface area contributed by atoms with Gasteiger partial charge in [-0.3, -0.25) is 9.69 Å². The molecule has 23 heavy (non-hydrogen) atoms. The standard InChI is InChI=1S/C17H25ClN2O3/c1-12(2)15-4-3-13(9-16(15)18)17(22)19-10-14(21)11-20-5-7-23-8-6-20/h3-4,9,12,14,21H,5-8,10-11H2,1-2H3,(H,19,22)/t14-/m1/s1. The van der Waals surface area contributed by atoms with E-state index in [4.69, 9.17) is 16.3 Å². The number of halogens is 1. The number of β-amino-alcohol motifs (C(OH)–C–C–N with tert-alkyl or cyclic N) is 1. The zero-order chi connectivity index (χ0) is 16.8. The van der Waals surface area contributed by atoms with Crippen molar-refractivity contribution >= 4 is 17.5 Å². The van der Waals surface area contributed by atoms with Gasteiger partial charge >= 0.3 is 0 Å². The molecule has 1 heterocycles. The monoisotopic (exact) mass is 340 g/mol. The second kappa shape index (κ2) is 8.64. The Labute approximate surface area is 142 Å². The molecule has 0 aliphatic carbocycles. The number of morpholine rings is 1. The first-order valence-corrected chi connectivity index (χ1v) is 8.41. The number of aliphatic hydroxyl groups excluding tert-OH is 1. The maximum Gasteiger partial charge on any atom is 0.251 e. The quantitative estimate of drug-likeness (QED) is 0.830. The van der Waals surface area contributed by atoms with Gasteiger partial charge in [-0.2, -0.15) is 0 Å². The van der Waals surface area contributed by atoms with Crippen LogP contribution in [0.3, 0.4) is 0 Å². The molecule has 128 valence electrons. The van der Waals surface area contributed by atoms with Crippen LogP contribution in [0.4, 0.5) is 0 Å². The van der Waals surface area contributed by atoms with Crippen LogP contribution in [-0.4, -0.2) is 61.4 Å². The first-order chi connectivity index (χ1) is 11.0. The summed E-state index contributed by atoms with van der Waals surface area (Å²) in [5.41, 5.74) is 1.54. The van der Waals surface area contributed by atoms with Gasteiger partial charge in [0.15, 0.2) is 0 Å². The Morgan fingerprint density at radius 2 is 2.09 bits per heavy atom. The van der Waals surface area contributed by atoms with E-state index in [1.54, 1.807) is 12.1 Å². The van der Waals surface area contributed by atoms with Gasteiger partial charge < -0.3 is 15.2 Å². The molecule has 1 aromatic carbocycles. The topological polar surface area (TPSA) is 61.8 Å². The van der Waals surface area contributed by atoms with Gasteiger partial charge in [0.05, 0.1) is 19.3 Å². The van der Waals surface area contributed by atoms with Crippen molar-refractivity contribution in [3.63, 3.8) is 0 Å². The summed E-state index contributed by atoms with van der Waals surface area (Å²) < 4.78 is 5.27. The Kier molecular flexibility index (Phi) is 6.84. The summed E-state index contributed by atoms with van der Waals surface area (Å²) in [6, 6.07) is 5.33. The van der Waals surface area contributed by atoms with Crippen LogP contribution in [0.1, 0.15) is 35.7 Å². The van der Waals surface area contributed by atoms with Gasteiger partial charge in [-0.25, -0.2) is 0 Å². The highest BCUT2D eigenvalue weighted by Gasteiger charge is 2.16. The maximum absolute atomic E-state index is 12.2.